The van der Waals surface area contributed by atoms with Crippen LogP contribution in [0.5, 0.6) is 0 Å². The molecular formula is C9H15NO2S. The van der Waals surface area contributed by atoms with Crippen molar-refractivity contribution in [3.05, 3.63) is 16.6 Å². The smallest absolute Gasteiger partial charge is 0.0951 e. The second kappa shape index (κ2) is 4.69. The molecule has 0 aliphatic rings. The number of hydrogen-bond donors (Lipinski definition) is 2. The van der Waals surface area contributed by atoms with Crippen LogP contribution in [-0.4, -0.2) is 27.4 Å². The molecule has 1 aromatic heterocycles. The van der Waals surface area contributed by atoms with E-state index in [2.05, 4.69) is 4.98 Å². The standard InChI is InChI=1S/C9H15NO2S/c1-6(2)9(12)7(11)5-8-10-3-4-13-8/h3-4,6-7,9,11-12H,5H2,1-2H3. The molecule has 0 saturated heterocycles. The zero-order valence-electron chi connectivity index (χ0n) is 7.84. The predicted molar refractivity (Wildman–Crippen MR) is 52.7 cm³/mol. The van der Waals surface area contributed by atoms with Crippen molar-refractivity contribution >= 4 is 11.3 Å². The second-order valence-electron chi connectivity index (χ2n) is 3.43. The van der Waals surface area contributed by atoms with E-state index in [1.54, 1.807) is 6.20 Å². The van der Waals surface area contributed by atoms with Crippen LogP contribution in [-0.2, 0) is 6.42 Å². The Morgan fingerprint density at radius 1 is 1.46 bits per heavy atom. The van der Waals surface area contributed by atoms with Gasteiger partial charge in [-0.05, 0) is 5.92 Å². The van der Waals surface area contributed by atoms with Gasteiger partial charge in [-0.15, -0.1) is 11.3 Å². The molecule has 0 saturated carbocycles. The number of thiazole rings is 1. The van der Waals surface area contributed by atoms with Crippen LogP contribution in [0.1, 0.15) is 18.9 Å². The Kier molecular flexibility index (Phi) is 3.84. The van der Waals surface area contributed by atoms with Gasteiger partial charge in [-0.25, -0.2) is 4.98 Å². The number of hydrogen-bond acceptors (Lipinski definition) is 4. The van der Waals surface area contributed by atoms with Crippen LogP contribution in [0.2, 0.25) is 0 Å². The number of rotatable bonds is 4. The summed E-state index contributed by atoms with van der Waals surface area (Å²) in [5.41, 5.74) is 0. The van der Waals surface area contributed by atoms with E-state index in [0.717, 1.165) is 5.01 Å². The monoisotopic (exact) mass is 201 g/mol. The molecule has 2 N–H and O–H groups in total. The van der Waals surface area contributed by atoms with Crippen molar-refractivity contribution in [2.45, 2.75) is 32.5 Å². The molecule has 0 radical (unpaired) electrons. The molecule has 0 amide bonds. The molecule has 13 heavy (non-hydrogen) atoms. The maximum Gasteiger partial charge on any atom is 0.0951 e. The van der Waals surface area contributed by atoms with E-state index in [4.69, 9.17) is 0 Å². The first-order valence-electron chi connectivity index (χ1n) is 4.35. The van der Waals surface area contributed by atoms with Crippen LogP contribution in [0.15, 0.2) is 11.6 Å². The molecule has 1 heterocycles. The lowest BCUT2D eigenvalue weighted by molar-refractivity contribution is -0.00733. The van der Waals surface area contributed by atoms with Crippen LogP contribution in [0.4, 0.5) is 0 Å². The number of aliphatic hydroxyl groups excluding tert-OH is 2. The fourth-order valence-electron chi connectivity index (χ4n) is 1.10. The fraction of sp³-hybridized carbons (Fsp3) is 0.667. The summed E-state index contributed by atoms with van der Waals surface area (Å²) < 4.78 is 0. The van der Waals surface area contributed by atoms with Crippen molar-refractivity contribution in [3.63, 3.8) is 0 Å². The first-order valence-corrected chi connectivity index (χ1v) is 5.23. The van der Waals surface area contributed by atoms with Gasteiger partial charge >= 0.3 is 0 Å². The average molecular weight is 201 g/mol. The minimum absolute atomic E-state index is 0.0787. The van der Waals surface area contributed by atoms with E-state index in [1.807, 2.05) is 19.2 Å². The van der Waals surface area contributed by atoms with E-state index in [0.29, 0.717) is 6.42 Å². The molecule has 0 bridgehead atoms. The van der Waals surface area contributed by atoms with Gasteiger partial charge in [-0.1, -0.05) is 13.8 Å². The SMILES string of the molecule is CC(C)C(O)C(O)Cc1nccs1. The van der Waals surface area contributed by atoms with Crippen molar-refractivity contribution in [3.8, 4) is 0 Å². The predicted octanol–water partition coefficient (Wildman–Crippen LogP) is 1.06. The van der Waals surface area contributed by atoms with Crippen molar-refractivity contribution in [1.82, 2.24) is 4.98 Å². The largest absolute Gasteiger partial charge is 0.390 e. The van der Waals surface area contributed by atoms with Gasteiger partial charge in [0, 0.05) is 18.0 Å². The molecule has 0 fully saturated rings. The summed E-state index contributed by atoms with van der Waals surface area (Å²) in [6.45, 7) is 3.77. The Hall–Kier alpha value is -0.450. The van der Waals surface area contributed by atoms with Gasteiger partial charge < -0.3 is 10.2 Å². The Morgan fingerprint density at radius 2 is 2.15 bits per heavy atom. The molecule has 0 spiro atoms. The third kappa shape index (κ3) is 3.06. The highest BCUT2D eigenvalue weighted by atomic mass is 32.1. The van der Waals surface area contributed by atoms with Crippen LogP contribution in [0.25, 0.3) is 0 Å². The highest BCUT2D eigenvalue weighted by Crippen LogP contribution is 2.13. The van der Waals surface area contributed by atoms with Crippen LogP contribution >= 0.6 is 11.3 Å². The molecule has 2 unspecified atom stereocenters. The molecule has 1 rings (SSSR count). The summed E-state index contributed by atoms with van der Waals surface area (Å²) in [5, 5.41) is 21.8. The third-order valence-electron chi connectivity index (χ3n) is 1.94. The Balaban J connectivity index is 2.45. The number of nitrogens with zero attached hydrogens (tertiary/aromatic N) is 1. The lowest BCUT2D eigenvalue weighted by Crippen LogP contribution is -2.32. The fourth-order valence-corrected chi connectivity index (χ4v) is 1.77. The summed E-state index contributed by atoms with van der Waals surface area (Å²) in [6, 6.07) is 0. The van der Waals surface area contributed by atoms with Crippen LogP contribution < -0.4 is 0 Å². The van der Waals surface area contributed by atoms with Crippen molar-refractivity contribution in [1.29, 1.82) is 0 Å². The normalized spacial score (nSPS) is 16.1. The molecule has 4 heteroatoms. The summed E-state index contributed by atoms with van der Waals surface area (Å²) in [6.07, 6.45) is 0.779. The van der Waals surface area contributed by atoms with E-state index in [9.17, 15) is 10.2 Å². The minimum Gasteiger partial charge on any atom is -0.390 e. The van der Waals surface area contributed by atoms with Crippen molar-refractivity contribution in [2.24, 2.45) is 5.92 Å². The summed E-state index contributed by atoms with van der Waals surface area (Å²) in [5.74, 6) is 0.0787. The second-order valence-corrected chi connectivity index (χ2v) is 4.41. The van der Waals surface area contributed by atoms with E-state index in [-0.39, 0.29) is 5.92 Å². The molecule has 2 atom stereocenters. The lowest BCUT2D eigenvalue weighted by atomic mass is 10.0. The van der Waals surface area contributed by atoms with Crippen molar-refractivity contribution in [2.75, 3.05) is 0 Å². The highest BCUT2D eigenvalue weighted by molar-refractivity contribution is 7.09. The maximum absolute atomic E-state index is 9.58. The molecule has 0 aliphatic heterocycles. The maximum atomic E-state index is 9.58. The van der Waals surface area contributed by atoms with Gasteiger partial charge in [0.1, 0.15) is 0 Å². The third-order valence-corrected chi connectivity index (χ3v) is 2.75. The van der Waals surface area contributed by atoms with Crippen LogP contribution in [0, 0.1) is 5.92 Å². The molecule has 0 aromatic carbocycles. The zero-order valence-corrected chi connectivity index (χ0v) is 8.66. The highest BCUT2D eigenvalue weighted by Gasteiger charge is 2.20. The minimum atomic E-state index is -0.703. The number of aliphatic hydroxyl groups is 2. The van der Waals surface area contributed by atoms with E-state index < -0.39 is 12.2 Å². The van der Waals surface area contributed by atoms with Gasteiger partial charge in [-0.3, -0.25) is 0 Å². The first-order chi connectivity index (χ1) is 6.11. The lowest BCUT2D eigenvalue weighted by Gasteiger charge is -2.19. The zero-order chi connectivity index (χ0) is 9.84. The summed E-state index contributed by atoms with van der Waals surface area (Å²) >= 11 is 1.50. The van der Waals surface area contributed by atoms with E-state index >= 15 is 0 Å². The average Bonchev–Trinajstić information content (AvgIpc) is 2.55. The van der Waals surface area contributed by atoms with Crippen LogP contribution in [0.3, 0.4) is 0 Å². The van der Waals surface area contributed by atoms with Crippen molar-refractivity contribution < 1.29 is 10.2 Å². The van der Waals surface area contributed by atoms with Gasteiger partial charge in [0.15, 0.2) is 0 Å². The molecule has 74 valence electrons. The molecular weight excluding hydrogens is 186 g/mol. The first kappa shape index (κ1) is 10.6. The number of aromatic nitrogens is 1. The topological polar surface area (TPSA) is 53.4 Å². The van der Waals surface area contributed by atoms with Gasteiger partial charge in [0.2, 0.25) is 0 Å². The Labute approximate surface area is 82.1 Å². The van der Waals surface area contributed by atoms with Gasteiger partial charge in [0.25, 0.3) is 0 Å². The quantitative estimate of drug-likeness (QED) is 0.766. The molecule has 3 nitrogen and oxygen atoms in total. The Morgan fingerprint density at radius 3 is 2.62 bits per heavy atom. The summed E-state index contributed by atoms with van der Waals surface area (Å²) in [7, 11) is 0. The summed E-state index contributed by atoms with van der Waals surface area (Å²) in [4.78, 5) is 4.05. The van der Waals surface area contributed by atoms with Gasteiger partial charge in [0.05, 0.1) is 17.2 Å². The van der Waals surface area contributed by atoms with E-state index in [1.165, 1.54) is 11.3 Å². The van der Waals surface area contributed by atoms with Gasteiger partial charge in [-0.2, -0.15) is 0 Å². The molecule has 1 aromatic rings. The molecule has 0 aliphatic carbocycles. The Bertz CT molecular complexity index is 236.